The van der Waals surface area contributed by atoms with Gasteiger partial charge in [0.15, 0.2) is 0 Å². The van der Waals surface area contributed by atoms with Crippen LogP contribution in [-0.2, 0) is 0 Å². The number of aromatic nitrogens is 3. The summed E-state index contributed by atoms with van der Waals surface area (Å²) in [6.45, 7) is 0. The molecule has 18 heavy (non-hydrogen) atoms. The number of pyridine rings is 1. The normalized spacial score (nSPS) is 10.4. The van der Waals surface area contributed by atoms with E-state index in [1.54, 1.807) is 30.7 Å². The molecule has 0 aliphatic heterocycles. The second kappa shape index (κ2) is 4.33. The second-order valence-corrected chi connectivity index (χ2v) is 3.83. The molecule has 0 radical (unpaired) electrons. The van der Waals surface area contributed by atoms with E-state index in [-0.39, 0.29) is 5.78 Å². The molecule has 2 aromatic heterocycles. The summed E-state index contributed by atoms with van der Waals surface area (Å²) in [6, 6.07) is 9.02. The van der Waals surface area contributed by atoms with Gasteiger partial charge in [-0.2, -0.15) is 0 Å². The van der Waals surface area contributed by atoms with Crippen molar-refractivity contribution >= 4 is 16.6 Å². The van der Waals surface area contributed by atoms with Crippen LogP contribution in [0.15, 0.2) is 55.2 Å². The molecule has 0 bridgehead atoms. The Bertz CT molecular complexity index is 705. The van der Waals surface area contributed by atoms with Gasteiger partial charge in [-0.15, -0.1) is 0 Å². The molecule has 0 saturated carbocycles. The van der Waals surface area contributed by atoms with Crippen LogP contribution in [0.1, 0.15) is 16.1 Å². The van der Waals surface area contributed by atoms with Gasteiger partial charge in [-0.1, -0.05) is 18.2 Å². The second-order valence-electron chi connectivity index (χ2n) is 3.83. The molecule has 0 atom stereocenters. The van der Waals surface area contributed by atoms with E-state index in [0.29, 0.717) is 11.3 Å². The monoisotopic (exact) mass is 235 g/mol. The maximum Gasteiger partial charge on any atom is 0.212 e. The van der Waals surface area contributed by atoms with Crippen LogP contribution in [0.5, 0.6) is 0 Å². The van der Waals surface area contributed by atoms with Gasteiger partial charge in [-0.25, -0.2) is 9.97 Å². The van der Waals surface area contributed by atoms with E-state index in [4.69, 9.17) is 0 Å². The SMILES string of the molecule is O=C(c1ccncn1)c1cccc2cnccc12. The molecule has 4 heteroatoms. The molecule has 3 aromatic rings. The average Bonchev–Trinajstić information content (AvgIpc) is 2.47. The zero-order chi connectivity index (χ0) is 12.4. The molecule has 0 aliphatic carbocycles. The minimum Gasteiger partial charge on any atom is -0.287 e. The lowest BCUT2D eigenvalue weighted by atomic mass is 10.0. The lowest BCUT2D eigenvalue weighted by Crippen LogP contribution is -2.04. The number of carbonyl (C=O) groups excluding carboxylic acids is 1. The molecule has 4 nitrogen and oxygen atoms in total. The zero-order valence-electron chi connectivity index (χ0n) is 9.45. The average molecular weight is 235 g/mol. The van der Waals surface area contributed by atoms with Crippen LogP contribution >= 0.6 is 0 Å². The van der Waals surface area contributed by atoms with E-state index in [9.17, 15) is 4.79 Å². The Morgan fingerprint density at radius 3 is 2.72 bits per heavy atom. The molecule has 1 aromatic carbocycles. The first-order valence-electron chi connectivity index (χ1n) is 5.50. The summed E-state index contributed by atoms with van der Waals surface area (Å²) < 4.78 is 0. The van der Waals surface area contributed by atoms with Gasteiger partial charge in [0.2, 0.25) is 5.78 Å². The third kappa shape index (κ3) is 1.73. The summed E-state index contributed by atoms with van der Waals surface area (Å²) >= 11 is 0. The number of carbonyl (C=O) groups is 1. The van der Waals surface area contributed by atoms with Crippen molar-refractivity contribution < 1.29 is 4.79 Å². The predicted molar refractivity (Wildman–Crippen MR) is 67.2 cm³/mol. The number of fused-ring (bicyclic) bond motifs is 1. The Hall–Kier alpha value is -2.62. The summed E-state index contributed by atoms with van der Waals surface area (Å²) in [4.78, 5) is 24.2. The van der Waals surface area contributed by atoms with Crippen molar-refractivity contribution in [2.24, 2.45) is 0 Å². The summed E-state index contributed by atoms with van der Waals surface area (Å²) in [5, 5.41) is 1.83. The zero-order valence-corrected chi connectivity index (χ0v) is 9.45. The minimum absolute atomic E-state index is 0.103. The van der Waals surface area contributed by atoms with Crippen molar-refractivity contribution in [3.63, 3.8) is 0 Å². The predicted octanol–water partition coefficient (Wildman–Crippen LogP) is 2.26. The number of benzene rings is 1. The van der Waals surface area contributed by atoms with Crippen molar-refractivity contribution in [3.8, 4) is 0 Å². The van der Waals surface area contributed by atoms with E-state index in [1.165, 1.54) is 6.33 Å². The highest BCUT2D eigenvalue weighted by Crippen LogP contribution is 2.19. The highest BCUT2D eigenvalue weighted by Gasteiger charge is 2.12. The van der Waals surface area contributed by atoms with Gasteiger partial charge >= 0.3 is 0 Å². The largest absolute Gasteiger partial charge is 0.287 e. The quantitative estimate of drug-likeness (QED) is 0.639. The summed E-state index contributed by atoms with van der Waals surface area (Å²) in [5.74, 6) is -0.103. The number of nitrogens with zero attached hydrogens (tertiary/aromatic N) is 3. The fourth-order valence-electron chi connectivity index (χ4n) is 1.88. The molecule has 2 heterocycles. The van der Waals surface area contributed by atoms with Crippen LogP contribution in [-0.4, -0.2) is 20.7 Å². The standard InChI is InChI=1S/C14H9N3O/c18-14(13-5-7-16-9-17-13)12-3-1-2-10-8-15-6-4-11(10)12/h1-9H. The van der Waals surface area contributed by atoms with Gasteiger partial charge in [0, 0.05) is 29.5 Å². The Morgan fingerprint density at radius 1 is 1.00 bits per heavy atom. The van der Waals surface area contributed by atoms with Crippen molar-refractivity contribution in [1.82, 2.24) is 15.0 Å². The summed E-state index contributed by atoms with van der Waals surface area (Å²) in [6.07, 6.45) is 6.36. The molecule has 0 saturated heterocycles. The van der Waals surface area contributed by atoms with Crippen LogP contribution in [0.3, 0.4) is 0 Å². The van der Waals surface area contributed by atoms with Gasteiger partial charge in [-0.3, -0.25) is 9.78 Å². The van der Waals surface area contributed by atoms with Gasteiger partial charge in [0.1, 0.15) is 12.0 Å². The fraction of sp³-hybridized carbons (Fsp3) is 0. The van der Waals surface area contributed by atoms with Gasteiger partial charge in [0.25, 0.3) is 0 Å². The minimum atomic E-state index is -0.103. The van der Waals surface area contributed by atoms with E-state index >= 15 is 0 Å². The molecular formula is C14H9N3O. The van der Waals surface area contributed by atoms with E-state index < -0.39 is 0 Å². The molecule has 0 fully saturated rings. The lowest BCUT2D eigenvalue weighted by molar-refractivity contribution is 0.103. The summed E-state index contributed by atoms with van der Waals surface area (Å²) in [5.41, 5.74) is 1.03. The third-order valence-corrected chi connectivity index (χ3v) is 2.74. The number of rotatable bonds is 2. The first-order valence-corrected chi connectivity index (χ1v) is 5.50. The smallest absolute Gasteiger partial charge is 0.212 e. The topological polar surface area (TPSA) is 55.7 Å². The number of hydrogen-bond acceptors (Lipinski definition) is 4. The molecule has 0 amide bonds. The Kier molecular flexibility index (Phi) is 2.53. The Morgan fingerprint density at radius 2 is 1.89 bits per heavy atom. The lowest BCUT2D eigenvalue weighted by Gasteiger charge is -2.04. The third-order valence-electron chi connectivity index (χ3n) is 2.74. The van der Waals surface area contributed by atoms with Crippen molar-refractivity contribution in [3.05, 3.63) is 66.5 Å². The molecule has 0 aliphatic rings. The van der Waals surface area contributed by atoms with Crippen LogP contribution in [0.2, 0.25) is 0 Å². The van der Waals surface area contributed by atoms with E-state index in [1.807, 2.05) is 18.2 Å². The maximum absolute atomic E-state index is 12.3. The van der Waals surface area contributed by atoms with Crippen molar-refractivity contribution in [1.29, 1.82) is 0 Å². The molecule has 3 rings (SSSR count). The number of hydrogen-bond donors (Lipinski definition) is 0. The van der Waals surface area contributed by atoms with E-state index in [0.717, 1.165) is 10.8 Å². The molecular weight excluding hydrogens is 226 g/mol. The fourth-order valence-corrected chi connectivity index (χ4v) is 1.88. The first kappa shape index (κ1) is 10.5. The molecule has 0 spiro atoms. The van der Waals surface area contributed by atoms with Crippen LogP contribution < -0.4 is 0 Å². The summed E-state index contributed by atoms with van der Waals surface area (Å²) in [7, 11) is 0. The van der Waals surface area contributed by atoms with Gasteiger partial charge in [0.05, 0.1) is 0 Å². The van der Waals surface area contributed by atoms with Crippen LogP contribution in [0.25, 0.3) is 10.8 Å². The Labute approximate surface area is 103 Å². The maximum atomic E-state index is 12.3. The van der Waals surface area contributed by atoms with Crippen molar-refractivity contribution in [2.45, 2.75) is 0 Å². The van der Waals surface area contributed by atoms with Crippen LogP contribution in [0.4, 0.5) is 0 Å². The highest BCUT2D eigenvalue weighted by atomic mass is 16.1. The Balaban J connectivity index is 2.18. The first-order chi connectivity index (χ1) is 8.86. The van der Waals surface area contributed by atoms with E-state index in [2.05, 4.69) is 15.0 Å². The van der Waals surface area contributed by atoms with Gasteiger partial charge < -0.3 is 0 Å². The number of ketones is 1. The van der Waals surface area contributed by atoms with Crippen LogP contribution in [0, 0.1) is 0 Å². The van der Waals surface area contributed by atoms with Crippen molar-refractivity contribution in [2.75, 3.05) is 0 Å². The molecule has 0 N–H and O–H groups in total. The highest BCUT2D eigenvalue weighted by molar-refractivity contribution is 6.15. The molecule has 86 valence electrons. The van der Waals surface area contributed by atoms with Gasteiger partial charge in [-0.05, 0) is 17.5 Å². The molecule has 0 unspecified atom stereocenters.